The van der Waals surface area contributed by atoms with Gasteiger partial charge in [-0.25, -0.2) is 0 Å². The molecule has 1 saturated carbocycles. The van der Waals surface area contributed by atoms with Crippen molar-refractivity contribution in [3.8, 4) is 0 Å². The van der Waals surface area contributed by atoms with E-state index < -0.39 is 0 Å². The Kier molecular flexibility index (Phi) is 7.42. The maximum Gasteiger partial charge on any atom is 0.00104 e. The fourth-order valence-electron chi connectivity index (χ4n) is 3.77. The quantitative estimate of drug-likeness (QED) is 0.676. The predicted octanol–water partition coefficient (Wildman–Crippen LogP) is 5.11. The SMILES string of the molecule is CC(CCC1CC(C)CCC1C(C)C)CNC(C)C. The average molecular weight is 268 g/mol. The van der Waals surface area contributed by atoms with Gasteiger partial charge in [-0.3, -0.25) is 0 Å². The van der Waals surface area contributed by atoms with Crippen LogP contribution in [-0.4, -0.2) is 12.6 Å². The van der Waals surface area contributed by atoms with Crippen molar-refractivity contribution in [2.75, 3.05) is 6.54 Å². The van der Waals surface area contributed by atoms with Crippen LogP contribution in [-0.2, 0) is 0 Å². The molecule has 4 atom stereocenters. The molecule has 0 aliphatic heterocycles. The van der Waals surface area contributed by atoms with Crippen LogP contribution in [0.3, 0.4) is 0 Å². The third-order valence-electron chi connectivity index (χ3n) is 5.06. The summed E-state index contributed by atoms with van der Waals surface area (Å²) < 4.78 is 0. The smallest absolute Gasteiger partial charge is 0.00104 e. The Morgan fingerprint density at radius 1 is 1.05 bits per heavy atom. The van der Waals surface area contributed by atoms with Crippen molar-refractivity contribution >= 4 is 0 Å². The zero-order valence-electron chi connectivity index (χ0n) is 14.2. The molecule has 0 bridgehead atoms. The molecule has 1 heteroatoms. The zero-order valence-corrected chi connectivity index (χ0v) is 14.2. The highest BCUT2D eigenvalue weighted by Crippen LogP contribution is 2.40. The predicted molar refractivity (Wildman–Crippen MR) is 86.4 cm³/mol. The molecular formula is C18H37N. The first-order valence-electron chi connectivity index (χ1n) is 8.63. The minimum Gasteiger partial charge on any atom is -0.314 e. The summed E-state index contributed by atoms with van der Waals surface area (Å²) in [7, 11) is 0. The number of nitrogens with one attached hydrogen (secondary N) is 1. The van der Waals surface area contributed by atoms with Crippen molar-refractivity contribution < 1.29 is 0 Å². The Bertz CT molecular complexity index is 234. The van der Waals surface area contributed by atoms with Gasteiger partial charge in [0.15, 0.2) is 0 Å². The molecule has 1 aliphatic rings. The first kappa shape index (κ1) is 17.0. The molecular weight excluding hydrogens is 230 g/mol. The maximum atomic E-state index is 3.58. The molecule has 0 aromatic rings. The monoisotopic (exact) mass is 267 g/mol. The van der Waals surface area contributed by atoms with Gasteiger partial charge in [-0.2, -0.15) is 0 Å². The van der Waals surface area contributed by atoms with Crippen LogP contribution in [0.4, 0.5) is 0 Å². The van der Waals surface area contributed by atoms with Crippen molar-refractivity contribution in [3.05, 3.63) is 0 Å². The van der Waals surface area contributed by atoms with Crippen LogP contribution < -0.4 is 5.32 Å². The van der Waals surface area contributed by atoms with Crippen molar-refractivity contribution in [2.45, 2.75) is 79.7 Å². The first-order valence-corrected chi connectivity index (χ1v) is 8.63. The van der Waals surface area contributed by atoms with Crippen LogP contribution in [0.1, 0.15) is 73.6 Å². The Hall–Kier alpha value is -0.0400. The second-order valence-electron chi connectivity index (χ2n) is 7.83. The molecule has 4 unspecified atom stereocenters. The van der Waals surface area contributed by atoms with Gasteiger partial charge in [-0.1, -0.05) is 48.0 Å². The lowest BCUT2D eigenvalue weighted by atomic mass is 9.68. The summed E-state index contributed by atoms with van der Waals surface area (Å²) >= 11 is 0. The number of hydrogen-bond donors (Lipinski definition) is 1. The van der Waals surface area contributed by atoms with Gasteiger partial charge >= 0.3 is 0 Å². The molecule has 1 fully saturated rings. The van der Waals surface area contributed by atoms with Crippen LogP contribution in [0.25, 0.3) is 0 Å². The molecule has 114 valence electrons. The first-order chi connectivity index (χ1) is 8.90. The van der Waals surface area contributed by atoms with Gasteiger partial charge < -0.3 is 5.32 Å². The normalized spacial score (nSPS) is 30.0. The van der Waals surface area contributed by atoms with E-state index in [4.69, 9.17) is 0 Å². The van der Waals surface area contributed by atoms with Gasteiger partial charge in [-0.15, -0.1) is 0 Å². The van der Waals surface area contributed by atoms with E-state index in [0.29, 0.717) is 6.04 Å². The van der Waals surface area contributed by atoms with Gasteiger partial charge in [0.25, 0.3) is 0 Å². The summed E-state index contributed by atoms with van der Waals surface area (Å²) in [6, 6.07) is 0.626. The molecule has 0 aromatic carbocycles. The highest BCUT2D eigenvalue weighted by atomic mass is 14.9. The summed E-state index contributed by atoms with van der Waals surface area (Å²) in [6.07, 6.45) is 7.27. The van der Waals surface area contributed by atoms with E-state index in [1.54, 1.807) is 0 Å². The van der Waals surface area contributed by atoms with Crippen molar-refractivity contribution in [3.63, 3.8) is 0 Å². The molecule has 19 heavy (non-hydrogen) atoms. The fraction of sp³-hybridized carbons (Fsp3) is 1.00. The van der Waals surface area contributed by atoms with Crippen LogP contribution in [0, 0.1) is 29.6 Å². The van der Waals surface area contributed by atoms with Crippen molar-refractivity contribution in [2.24, 2.45) is 29.6 Å². The van der Waals surface area contributed by atoms with Crippen LogP contribution in [0.5, 0.6) is 0 Å². The standard InChI is InChI=1S/C18H37N/c1-13(2)18-10-8-15(5)11-17(18)9-7-16(6)12-19-14(3)4/h13-19H,7-12H2,1-6H3. The largest absolute Gasteiger partial charge is 0.314 e. The van der Waals surface area contributed by atoms with Crippen LogP contribution in [0.2, 0.25) is 0 Å². The van der Waals surface area contributed by atoms with Crippen LogP contribution >= 0.6 is 0 Å². The summed E-state index contributed by atoms with van der Waals surface area (Å²) in [5.74, 6) is 4.64. The maximum absolute atomic E-state index is 3.58. The zero-order chi connectivity index (χ0) is 14.4. The van der Waals surface area contributed by atoms with E-state index in [9.17, 15) is 0 Å². The molecule has 1 N–H and O–H groups in total. The van der Waals surface area contributed by atoms with Gasteiger partial charge in [0.1, 0.15) is 0 Å². The lowest BCUT2D eigenvalue weighted by Crippen LogP contribution is -2.30. The molecule has 0 heterocycles. The van der Waals surface area contributed by atoms with E-state index >= 15 is 0 Å². The minimum atomic E-state index is 0.626. The van der Waals surface area contributed by atoms with Gasteiger partial charge in [0, 0.05) is 6.04 Å². The second kappa shape index (κ2) is 8.29. The summed E-state index contributed by atoms with van der Waals surface area (Å²) in [6.45, 7) is 15.4. The molecule has 0 aromatic heterocycles. The minimum absolute atomic E-state index is 0.626. The Balaban J connectivity index is 2.35. The van der Waals surface area contributed by atoms with Gasteiger partial charge in [0.2, 0.25) is 0 Å². The molecule has 0 spiro atoms. The lowest BCUT2D eigenvalue weighted by molar-refractivity contribution is 0.129. The van der Waals surface area contributed by atoms with E-state index in [0.717, 1.165) is 29.6 Å². The highest BCUT2D eigenvalue weighted by molar-refractivity contribution is 4.81. The van der Waals surface area contributed by atoms with Gasteiger partial charge in [-0.05, 0) is 61.8 Å². The third kappa shape index (κ3) is 6.29. The molecule has 1 aliphatic carbocycles. The summed E-state index contributed by atoms with van der Waals surface area (Å²) in [5.41, 5.74) is 0. The fourth-order valence-corrected chi connectivity index (χ4v) is 3.77. The average Bonchev–Trinajstić information content (AvgIpc) is 2.33. The molecule has 0 saturated heterocycles. The van der Waals surface area contributed by atoms with E-state index in [1.165, 1.54) is 38.6 Å². The Labute approximate surface area is 121 Å². The number of rotatable bonds is 7. The van der Waals surface area contributed by atoms with E-state index in [-0.39, 0.29) is 0 Å². The van der Waals surface area contributed by atoms with Crippen LogP contribution in [0.15, 0.2) is 0 Å². The Morgan fingerprint density at radius 3 is 2.32 bits per heavy atom. The lowest BCUT2D eigenvalue weighted by Gasteiger charge is -2.38. The van der Waals surface area contributed by atoms with Gasteiger partial charge in [0.05, 0.1) is 0 Å². The van der Waals surface area contributed by atoms with E-state index in [1.807, 2.05) is 0 Å². The molecule has 0 radical (unpaired) electrons. The van der Waals surface area contributed by atoms with Crippen molar-refractivity contribution in [1.82, 2.24) is 5.32 Å². The Morgan fingerprint density at radius 2 is 1.74 bits per heavy atom. The summed E-state index contributed by atoms with van der Waals surface area (Å²) in [5, 5.41) is 3.58. The molecule has 1 rings (SSSR count). The number of hydrogen-bond acceptors (Lipinski definition) is 1. The highest BCUT2D eigenvalue weighted by Gasteiger charge is 2.30. The third-order valence-corrected chi connectivity index (χ3v) is 5.06. The second-order valence-corrected chi connectivity index (χ2v) is 7.83. The van der Waals surface area contributed by atoms with Crippen molar-refractivity contribution in [1.29, 1.82) is 0 Å². The topological polar surface area (TPSA) is 12.0 Å². The molecule has 0 amide bonds. The summed E-state index contributed by atoms with van der Waals surface area (Å²) in [4.78, 5) is 0. The van der Waals surface area contributed by atoms with E-state index in [2.05, 4.69) is 46.9 Å². The molecule has 1 nitrogen and oxygen atoms in total.